The summed E-state index contributed by atoms with van der Waals surface area (Å²) in [5, 5.41) is 9.37. The van der Waals surface area contributed by atoms with E-state index in [-0.39, 0.29) is 23.3 Å². The number of fused-ring (bicyclic) bond motifs is 1. The van der Waals surface area contributed by atoms with Gasteiger partial charge in [-0.15, -0.1) is 11.3 Å². The molecule has 7 nitrogen and oxygen atoms in total. The van der Waals surface area contributed by atoms with Gasteiger partial charge in [-0.2, -0.15) is 0 Å². The van der Waals surface area contributed by atoms with Gasteiger partial charge in [-0.3, -0.25) is 14.5 Å². The SMILES string of the molecule is C[C@H]1COc2ccccc2C(=O)NCCCCCC2(CCN(Cc3nccs3)CC2)C(=O)N1. The number of likely N-dealkylation sites (tertiary alicyclic amines) is 1. The number of amides is 2. The van der Waals surface area contributed by atoms with E-state index in [1.807, 2.05) is 30.6 Å². The summed E-state index contributed by atoms with van der Waals surface area (Å²) in [6, 6.07) is 7.13. The van der Waals surface area contributed by atoms with Crippen LogP contribution in [0.4, 0.5) is 0 Å². The highest BCUT2D eigenvalue weighted by Gasteiger charge is 2.41. The minimum Gasteiger partial charge on any atom is -0.491 e. The predicted molar refractivity (Wildman–Crippen MR) is 129 cm³/mol. The third kappa shape index (κ3) is 6.12. The molecule has 1 spiro atoms. The molecule has 2 aliphatic heterocycles. The second-order valence-corrected chi connectivity index (χ2v) is 10.2. The number of para-hydroxylation sites is 1. The average molecular weight is 471 g/mol. The lowest BCUT2D eigenvalue weighted by atomic mass is 9.73. The summed E-state index contributed by atoms with van der Waals surface area (Å²) in [6.45, 7) is 5.58. The second-order valence-electron chi connectivity index (χ2n) is 9.23. The van der Waals surface area contributed by atoms with Gasteiger partial charge in [-0.25, -0.2) is 4.98 Å². The van der Waals surface area contributed by atoms with Crippen LogP contribution in [0.3, 0.4) is 0 Å². The molecule has 8 heteroatoms. The highest BCUT2D eigenvalue weighted by atomic mass is 32.1. The van der Waals surface area contributed by atoms with Gasteiger partial charge in [0.2, 0.25) is 5.91 Å². The standard InChI is InChI=1S/C25H34N4O3S/c1-19-18-32-21-8-4-3-7-20(21)23(30)27-12-6-2-5-9-25(24(31)28-19)10-14-29(15-11-25)17-22-26-13-16-33-22/h3-4,7-8,13,16,19H,2,5-6,9-12,14-15,17-18H2,1H3,(H,27,30)(H,28,31)/t19-/m0/s1. The maximum atomic E-state index is 13.5. The summed E-state index contributed by atoms with van der Waals surface area (Å²) in [7, 11) is 0. The Morgan fingerprint density at radius 3 is 2.76 bits per heavy atom. The zero-order valence-corrected chi connectivity index (χ0v) is 20.2. The van der Waals surface area contributed by atoms with Crippen LogP contribution in [0.2, 0.25) is 0 Å². The Kier molecular flexibility index (Phi) is 7.98. The van der Waals surface area contributed by atoms with Crippen LogP contribution in [0.15, 0.2) is 35.8 Å². The molecule has 3 heterocycles. The lowest BCUT2D eigenvalue weighted by Crippen LogP contribution is -2.51. The van der Waals surface area contributed by atoms with Gasteiger partial charge < -0.3 is 15.4 Å². The highest BCUT2D eigenvalue weighted by molar-refractivity contribution is 7.09. The van der Waals surface area contributed by atoms with Crippen LogP contribution in [0.5, 0.6) is 5.75 Å². The lowest BCUT2D eigenvalue weighted by Gasteiger charge is -2.41. The van der Waals surface area contributed by atoms with Crippen LogP contribution in [0, 0.1) is 5.41 Å². The molecule has 178 valence electrons. The Balaban J connectivity index is 1.43. The maximum Gasteiger partial charge on any atom is 0.255 e. The number of carbonyl (C=O) groups is 2. The van der Waals surface area contributed by atoms with Gasteiger partial charge in [-0.05, 0) is 57.8 Å². The fourth-order valence-electron chi connectivity index (χ4n) is 4.73. The monoisotopic (exact) mass is 470 g/mol. The molecule has 1 saturated heterocycles. The van der Waals surface area contributed by atoms with E-state index in [1.54, 1.807) is 23.5 Å². The molecule has 0 bridgehead atoms. The number of benzene rings is 1. The fourth-order valence-corrected chi connectivity index (χ4v) is 5.39. The van der Waals surface area contributed by atoms with E-state index >= 15 is 0 Å². The topological polar surface area (TPSA) is 83.6 Å². The van der Waals surface area contributed by atoms with Crippen molar-refractivity contribution in [1.29, 1.82) is 0 Å². The third-order valence-electron chi connectivity index (χ3n) is 6.75. The van der Waals surface area contributed by atoms with Crippen molar-refractivity contribution in [2.45, 2.75) is 58.0 Å². The van der Waals surface area contributed by atoms with E-state index in [9.17, 15) is 9.59 Å². The van der Waals surface area contributed by atoms with Crippen LogP contribution < -0.4 is 15.4 Å². The van der Waals surface area contributed by atoms with Gasteiger partial charge in [0, 0.05) is 18.1 Å². The maximum absolute atomic E-state index is 13.5. The van der Waals surface area contributed by atoms with Crippen LogP contribution in [-0.4, -0.2) is 54.0 Å². The zero-order valence-electron chi connectivity index (χ0n) is 19.3. The highest BCUT2D eigenvalue weighted by Crippen LogP contribution is 2.38. The minimum absolute atomic E-state index is 0.110. The van der Waals surface area contributed by atoms with Crippen molar-refractivity contribution >= 4 is 23.2 Å². The first-order valence-corrected chi connectivity index (χ1v) is 12.9. The van der Waals surface area contributed by atoms with Gasteiger partial charge in [0.05, 0.1) is 23.6 Å². The molecular weight excluding hydrogens is 436 g/mol. The van der Waals surface area contributed by atoms with Crippen LogP contribution in [0.1, 0.15) is 60.8 Å². The van der Waals surface area contributed by atoms with Crippen molar-refractivity contribution in [1.82, 2.24) is 20.5 Å². The molecule has 1 atom stereocenters. The Morgan fingerprint density at radius 1 is 1.15 bits per heavy atom. The van der Waals surface area contributed by atoms with E-state index in [4.69, 9.17) is 4.74 Å². The molecule has 1 aromatic heterocycles. The molecule has 2 aromatic rings. The van der Waals surface area contributed by atoms with Crippen molar-refractivity contribution in [2.75, 3.05) is 26.2 Å². The van der Waals surface area contributed by atoms with E-state index < -0.39 is 0 Å². The molecule has 0 radical (unpaired) electrons. The van der Waals surface area contributed by atoms with E-state index in [1.165, 1.54) is 0 Å². The predicted octanol–water partition coefficient (Wildman–Crippen LogP) is 3.61. The van der Waals surface area contributed by atoms with E-state index in [0.29, 0.717) is 24.5 Å². The molecule has 33 heavy (non-hydrogen) atoms. The molecule has 1 aromatic carbocycles. The van der Waals surface area contributed by atoms with Gasteiger partial charge in [-0.1, -0.05) is 25.0 Å². The number of piperidine rings is 1. The van der Waals surface area contributed by atoms with Crippen LogP contribution >= 0.6 is 11.3 Å². The number of rotatable bonds is 2. The van der Waals surface area contributed by atoms with E-state index in [0.717, 1.165) is 63.2 Å². The molecule has 4 rings (SSSR count). The van der Waals surface area contributed by atoms with Crippen molar-refractivity contribution in [3.8, 4) is 5.75 Å². The first kappa shape index (κ1) is 23.7. The number of ether oxygens (including phenoxy) is 1. The summed E-state index contributed by atoms with van der Waals surface area (Å²) in [4.78, 5) is 32.9. The number of aromatic nitrogens is 1. The van der Waals surface area contributed by atoms with Gasteiger partial charge >= 0.3 is 0 Å². The summed E-state index contributed by atoms with van der Waals surface area (Å²) < 4.78 is 5.96. The van der Waals surface area contributed by atoms with Gasteiger partial charge in [0.1, 0.15) is 17.4 Å². The van der Waals surface area contributed by atoms with Gasteiger partial charge in [0.25, 0.3) is 5.91 Å². The molecular formula is C25H34N4O3S. The number of hydrogen-bond acceptors (Lipinski definition) is 6. The van der Waals surface area contributed by atoms with Crippen molar-refractivity contribution in [3.63, 3.8) is 0 Å². The van der Waals surface area contributed by atoms with Crippen LogP contribution in [-0.2, 0) is 11.3 Å². The van der Waals surface area contributed by atoms with Gasteiger partial charge in [0.15, 0.2) is 0 Å². The van der Waals surface area contributed by atoms with Crippen molar-refractivity contribution in [3.05, 3.63) is 46.4 Å². The largest absolute Gasteiger partial charge is 0.491 e. The molecule has 0 aliphatic carbocycles. The second kappa shape index (κ2) is 11.1. The Bertz CT molecular complexity index is 925. The molecule has 0 unspecified atom stereocenters. The molecule has 2 N–H and O–H groups in total. The average Bonchev–Trinajstić information content (AvgIpc) is 3.33. The Labute approximate surface area is 199 Å². The van der Waals surface area contributed by atoms with Crippen LogP contribution in [0.25, 0.3) is 0 Å². The van der Waals surface area contributed by atoms with Crippen molar-refractivity contribution in [2.24, 2.45) is 5.41 Å². The first-order valence-electron chi connectivity index (χ1n) is 12.0. The fraction of sp³-hybridized carbons (Fsp3) is 0.560. The zero-order chi connectivity index (χ0) is 23.1. The number of nitrogens with one attached hydrogen (secondary N) is 2. The molecule has 2 aliphatic rings. The summed E-state index contributed by atoms with van der Waals surface area (Å²) in [5.41, 5.74) is 0.199. The Hall–Kier alpha value is -2.45. The summed E-state index contributed by atoms with van der Waals surface area (Å²) in [5.74, 6) is 0.585. The number of thiazole rings is 1. The summed E-state index contributed by atoms with van der Waals surface area (Å²) in [6.07, 6.45) is 7.32. The number of hydrogen-bond donors (Lipinski definition) is 2. The Morgan fingerprint density at radius 2 is 1.97 bits per heavy atom. The third-order valence-corrected chi connectivity index (χ3v) is 7.52. The minimum atomic E-state index is -0.338. The number of carbonyl (C=O) groups excluding carboxylic acids is 2. The summed E-state index contributed by atoms with van der Waals surface area (Å²) >= 11 is 1.68. The smallest absolute Gasteiger partial charge is 0.255 e. The lowest BCUT2D eigenvalue weighted by molar-refractivity contribution is -0.135. The molecule has 0 saturated carbocycles. The molecule has 1 fully saturated rings. The van der Waals surface area contributed by atoms with E-state index in [2.05, 4.69) is 20.5 Å². The number of nitrogens with zero attached hydrogens (tertiary/aromatic N) is 2. The molecule has 2 amide bonds. The van der Waals surface area contributed by atoms with Crippen molar-refractivity contribution < 1.29 is 14.3 Å². The first-order chi connectivity index (χ1) is 16.1. The normalized spacial score (nSPS) is 22.9. The quantitative estimate of drug-likeness (QED) is 0.701.